The fourth-order valence-electron chi connectivity index (χ4n) is 3.91. The Kier molecular flexibility index (Phi) is 13.5. The molecular weight excluding hydrogens is 568 g/mol. The minimum absolute atomic E-state index is 0.0152. The molecule has 1 aromatic rings. The van der Waals surface area contributed by atoms with Crippen LogP contribution in [0.3, 0.4) is 0 Å². The molecule has 2 aliphatic rings. The van der Waals surface area contributed by atoms with Crippen molar-refractivity contribution in [2.24, 2.45) is 5.92 Å². The lowest BCUT2D eigenvalue weighted by Crippen LogP contribution is -2.46. The molecule has 0 aromatic carbocycles. The fraction of sp³-hybridized carbons (Fsp3) is 0.680. The normalized spacial score (nSPS) is 21.1. The van der Waals surface area contributed by atoms with Crippen LogP contribution in [-0.4, -0.2) is 113 Å². The molecule has 1 amide bonds. The summed E-state index contributed by atoms with van der Waals surface area (Å²) in [7, 11) is 2.15. The molecule has 2 fully saturated rings. The monoisotopic (exact) mass is 603 g/mol. The van der Waals surface area contributed by atoms with E-state index in [2.05, 4.69) is 37.7 Å². The minimum Gasteiger partial charge on any atom is -0.475 e. The first-order chi connectivity index (χ1) is 18.8. The van der Waals surface area contributed by atoms with Crippen molar-refractivity contribution in [2.75, 3.05) is 46.5 Å². The number of pyridine rings is 1. The molecule has 0 aliphatic carbocycles. The van der Waals surface area contributed by atoms with Crippen LogP contribution in [0.4, 0.5) is 26.3 Å². The van der Waals surface area contributed by atoms with Crippen molar-refractivity contribution in [1.82, 2.24) is 14.8 Å². The summed E-state index contributed by atoms with van der Waals surface area (Å²) in [6.45, 7) is 10.5. The number of aryl methyl sites for hydroxylation is 1. The number of carbonyl (C=O) groups is 3. The first-order valence-electron chi connectivity index (χ1n) is 12.6. The minimum atomic E-state index is -5.08. The van der Waals surface area contributed by atoms with E-state index in [1.807, 2.05) is 17.0 Å². The molecule has 2 atom stereocenters. The van der Waals surface area contributed by atoms with Crippen LogP contribution in [0.2, 0.25) is 0 Å². The Bertz CT molecular complexity index is 981. The van der Waals surface area contributed by atoms with E-state index in [0.717, 1.165) is 31.7 Å². The first kappa shape index (κ1) is 36.0. The summed E-state index contributed by atoms with van der Waals surface area (Å²) in [6, 6.07) is 4.33. The maximum Gasteiger partial charge on any atom is 0.490 e. The lowest BCUT2D eigenvalue weighted by atomic mass is 9.93. The van der Waals surface area contributed by atoms with Gasteiger partial charge in [0, 0.05) is 31.0 Å². The number of carboxylic acids is 2. The van der Waals surface area contributed by atoms with Gasteiger partial charge in [0.1, 0.15) is 5.60 Å². The van der Waals surface area contributed by atoms with Gasteiger partial charge in [0.25, 0.3) is 5.91 Å². The van der Waals surface area contributed by atoms with Crippen molar-refractivity contribution >= 4 is 17.8 Å². The SMILES string of the molecule is CCc1ccc(C(=O)N2CCOCC3(CC(CN(C)C(C)C)CO3)C2)cn1.O=C(O)C(F)(F)F.O=C(O)C(F)(F)F. The lowest BCUT2D eigenvalue weighted by molar-refractivity contribution is -0.193. The van der Waals surface area contributed by atoms with E-state index in [1.54, 1.807) is 6.20 Å². The number of rotatable bonds is 5. The van der Waals surface area contributed by atoms with E-state index < -0.39 is 24.3 Å². The molecule has 234 valence electrons. The summed E-state index contributed by atoms with van der Waals surface area (Å²) in [5.74, 6) is -5.03. The van der Waals surface area contributed by atoms with E-state index in [-0.39, 0.29) is 11.5 Å². The summed E-state index contributed by atoms with van der Waals surface area (Å²) in [4.78, 5) is 39.4. The largest absolute Gasteiger partial charge is 0.490 e. The Balaban J connectivity index is 0.000000497. The molecule has 1 aromatic heterocycles. The Morgan fingerprint density at radius 1 is 1.12 bits per heavy atom. The Hall–Kier alpha value is -2.98. The highest BCUT2D eigenvalue weighted by atomic mass is 19.4. The van der Waals surface area contributed by atoms with Gasteiger partial charge in [-0.15, -0.1) is 0 Å². The van der Waals surface area contributed by atoms with Gasteiger partial charge in [-0.25, -0.2) is 9.59 Å². The molecule has 16 heteroatoms. The maximum atomic E-state index is 13.0. The van der Waals surface area contributed by atoms with Crippen molar-refractivity contribution in [1.29, 1.82) is 0 Å². The van der Waals surface area contributed by atoms with Gasteiger partial charge in [0.2, 0.25) is 0 Å². The average Bonchev–Trinajstić information content (AvgIpc) is 3.14. The Morgan fingerprint density at radius 2 is 1.68 bits per heavy atom. The molecule has 41 heavy (non-hydrogen) atoms. The molecule has 0 bridgehead atoms. The van der Waals surface area contributed by atoms with Crippen molar-refractivity contribution in [3.8, 4) is 0 Å². The Labute approximate surface area is 233 Å². The second kappa shape index (κ2) is 15.3. The smallest absolute Gasteiger partial charge is 0.475 e. The molecule has 0 radical (unpaired) electrons. The van der Waals surface area contributed by atoms with Crippen LogP contribution in [0.15, 0.2) is 18.3 Å². The molecule has 0 saturated carbocycles. The van der Waals surface area contributed by atoms with Gasteiger partial charge in [-0.05, 0) is 51.8 Å². The predicted octanol–water partition coefficient (Wildman–Crippen LogP) is 3.50. The van der Waals surface area contributed by atoms with Gasteiger partial charge in [0.15, 0.2) is 0 Å². The van der Waals surface area contributed by atoms with Gasteiger partial charge in [-0.1, -0.05) is 6.92 Å². The number of hydrogen-bond donors (Lipinski definition) is 2. The van der Waals surface area contributed by atoms with E-state index in [4.69, 9.17) is 29.3 Å². The van der Waals surface area contributed by atoms with Crippen molar-refractivity contribution in [3.05, 3.63) is 29.6 Å². The zero-order chi connectivity index (χ0) is 31.6. The zero-order valence-electron chi connectivity index (χ0n) is 23.1. The number of carbonyl (C=O) groups excluding carboxylic acids is 1. The fourth-order valence-corrected chi connectivity index (χ4v) is 3.91. The van der Waals surface area contributed by atoms with E-state index in [0.29, 0.717) is 43.8 Å². The number of hydrogen-bond acceptors (Lipinski definition) is 7. The molecule has 10 nitrogen and oxygen atoms in total. The summed E-state index contributed by atoms with van der Waals surface area (Å²) in [6.07, 6.45) is -6.68. The molecule has 2 N–H and O–H groups in total. The van der Waals surface area contributed by atoms with E-state index in [9.17, 15) is 31.1 Å². The van der Waals surface area contributed by atoms with Gasteiger partial charge < -0.3 is 29.5 Å². The van der Waals surface area contributed by atoms with E-state index in [1.165, 1.54) is 0 Å². The summed E-state index contributed by atoms with van der Waals surface area (Å²) < 4.78 is 75.6. The predicted molar refractivity (Wildman–Crippen MR) is 132 cm³/mol. The third kappa shape index (κ3) is 12.2. The number of nitrogens with zero attached hydrogens (tertiary/aromatic N) is 3. The highest BCUT2D eigenvalue weighted by Gasteiger charge is 2.44. The average molecular weight is 604 g/mol. The molecule has 3 rings (SSSR count). The highest BCUT2D eigenvalue weighted by Crippen LogP contribution is 2.33. The molecular formula is C25H35F6N3O7. The number of amides is 1. The van der Waals surface area contributed by atoms with Crippen molar-refractivity contribution in [3.63, 3.8) is 0 Å². The second-order valence-electron chi connectivity index (χ2n) is 9.87. The van der Waals surface area contributed by atoms with Gasteiger partial charge >= 0.3 is 24.3 Å². The van der Waals surface area contributed by atoms with Crippen molar-refractivity contribution < 1.29 is 60.4 Å². The quantitative estimate of drug-likeness (QED) is 0.486. The standard InChI is InChI=1S/C21H33N3O3.2C2HF3O2/c1-5-19-7-6-18(11-22-19)20(25)24-8-9-26-15-21(14-24)10-17(13-27-21)12-23(4)16(2)3;2*3-2(4,5)1(6)7/h6-7,11,16-17H,5,8-10,12-15H2,1-4H3;2*(H,6,7). The number of ether oxygens (including phenoxy) is 2. The van der Waals surface area contributed by atoms with E-state index >= 15 is 0 Å². The van der Waals surface area contributed by atoms with Crippen LogP contribution in [0, 0.1) is 5.92 Å². The topological polar surface area (TPSA) is 130 Å². The zero-order valence-corrected chi connectivity index (χ0v) is 23.1. The van der Waals surface area contributed by atoms with Crippen LogP contribution in [0.25, 0.3) is 0 Å². The van der Waals surface area contributed by atoms with Crippen LogP contribution in [0.5, 0.6) is 0 Å². The number of halogens is 6. The number of alkyl halides is 6. The lowest BCUT2D eigenvalue weighted by Gasteiger charge is -2.31. The van der Waals surface area contributed by atoms with Gasteiger partial charge in [-0.3, -0.25) is 9.78 Å². The van der Waals surface area contributed by atoms with Gasteiger partial charge in [0.05, 0.1) is 31.9 Å². The van der Waals surface area contributed by atoms with Crippen LogP contribution in [0.1, 0.15) is 43.2 Å². The van der Waals surface area contributed by atoms with Crippen LogP contribution >= 0.6 is 0 Å². The van der Waals surface area contributed by atoms with Crippen LogP contribution in [-0.2, 0) is 25.5 Å². The Morgan fingerprint density at radius 3 is 2.12 bits per heavy atom. The maximum absolute atomic E-state index is 13.0. The molecule has 1 spiro atoms. The molecule has 2 aliphatic heterocycles. The highest BCUT2D eigenvalue weighted by molar-refractivity contribution is 5.94. The molecule has 2 unspecified atom stereocenters. The third-order valence-electron chi connectivity index (χ3n) is 6.27. The summed E-state index contributed by atoms with van der Waals surface area (Å²) in [5.41, 5.74) is 1.25. The number of aromatic nitrogens is 1. The number of aliphatic carboxylic acids is 2. The third-order valence-corrected chi connectivity index (χ3v) is 6.27. The number of carboxylic acid groups (broad SMARTS) is 2. The van der Waals surface area contributed by atoms with Crippen LogP contribution < -0.4 is 0 Å². The summed E-state index contributed by atoms with van der Waals surface area (Å²) in [5, 5.41) is 14.2. The second-order valence-corrected chi connectivity index (χ2v) is 9.87. The molecule has 2 saturated heterocycles. The first-order valence-corrected chi connectivity index (χ1v) is 12.6. The van der Waals surface area contributed by atoms with Crippen molar-refractivity contribution in [2.45, 2.75) is 57.6 Å². The summed E-state index contributed by atoms with van der Waals surface area (Å²) >= 11 is 0. The van der Waals surface area contributed by atoms with Gasteiger partial charge in [-0.2, -0.15) is 26.3 Å². The molecule has 3 heterocycles.